The number of hydrogen-bond acceptors (Lipinski definition) is 3. The highest BCUT2D eigenvalue weighted by atomic mass is 79.9. The van der Waals surface area contributed by atoms with E-state index in [1.165, 1.54) is 0 Å². The molecule has 1 aliphatic heterocycles. The van der Waals surface area contributed by atoms with E-state index in [0.717, 1.165) is 28.3 Å². The number of thioether (sulfide) groups is 1. The summed E-state index contributed by atoms with van der Waals surface area (Å²) in [6.07, 6.45) is 1.14. The molecule has 1 aliphatic rings. The molecule has 2 rings (SSSR count). The van der Waals surface area contributed by atoms with Gasteiger partial charge < -0.3 is 5.32 Å². The number of amidine groups is 1. The Bertz CT molecular complexity index is 541. The number of hydrogen-bond donors (Lipinski definition) is 1. The van der Waals surface area contributed by atoms with Gasteiger partial charge in [0.25, 0.3) is 0 Å². The second kappa shape index (κ2) is 6.47. The average Bonchev–Trinajstić information content (AvgIpc) is 2.75. The van der Waals surface area contributed by atoms with Gasteiger partial charge in [-0.3, -0.25) is 4.99 Å². The molecule has 0 saturated heterocycles. The highest BCUT2D eigenvalue weighted by molar-refractivity contribution is 9.10. The molecule has 20 heavy (non-hydrogen) atoms. The summed E-state index contributed by atoms with van der Waals surface area (Å²) in [5.74, 6) is 0. The van der Waals surface area contributed by atoms with E-state index in [2.05, 4.69) is 47.0 Å². The molecule has 1 atom stereocenters. The van der Waals surface area contributed by atoms with Gasteiger partial charge in [-0.2, -0.15) is 0 Å². The molecule has 1 N–H and O–H groups in total. The van der Waals surface area contributed by atoms with E-state index in [0.29, 0.717) is 20.7 Å². The average molecular weight is 396 g/mol. The molecule has 0 radical (unpaired) electrons. The summed E-state index contributed by atoms with van der Waals surface area (Å²) in [6.45, 7) is 7.62. The van der Waals surface area contributed by atoms with E-state index < -0.39 is 0 Å². The van der Waals surface area contributed by atoms with E-state index >= 15 is 0 Å². The number of halogens is 3. The lowest BCUT2D eigenvalue weighted by molar-refractivity contribution is 0.375. The Hall–Kier alpha value is 0.1000. The maximum absolute atomic E-state index is 6.23. The molecule has 0 saturated carbocycles. The largest absolute Gasteiger partial charge is 0.334 e. The number of benzene rings is 1. The molecule has 6 heteroatoms. The SMILES string of the molecule is CC(C)(C)CC1CN=C(Nc2ccc(Br)c(Cl)c2Cl)S1. The molecule has 0 bridgehead atoms. The van der Waals surface area contributed by atoms with Crippen molar-refractivity contribution in [3.8, 4) is 0 Å². The minimum atomic E-state index is 0.321. The van der Waals surface area contributed by atoms with Crippen LogP contribution in [-0.4, -0.2) is 17.0 Å². The fourth-order valence-corrected chi connectivity index (χ4v) is 4.20. The summed E-state index contributed by atoms with van der Waals surface area (Å²) in [5.41, 5.74) is 1.11. The molecule has 1 unspecified atom stereocenters. The van der Waals surface area contributed by atoms with Gasteiger partial charge in [0.15, 0.2) is 5.17 Å². The van der Waals surface area contributed by atoms with Crippen molar-refractivity contribution in [2.24, 2.45) is 10.4 Å². The second-order valence-corrected chi connectivity index (χ2v) is 8.90. The standard InChI is InChI=1S/C14H17BrCl2N2S/c1-14(2,3)6-8-7-18-13(20-8)19-10-5-4-9(15)11(16)12(10)17/h4-5,8H,6-7H2,1-3H3,(H,18,19). The van der Waals surface area contributed by atoms with Crippen molar-refractivity contribution >= 4 is 61.7 Å². The maximum atomic E-state index is 6.23. The number of rotatable bonds is 2. The van der Waals surface area contributed by atoms with Crippen LogP contribution in [0.1, 0.15) is 27.2 Å². The van der Waals surface area contributed by atoms with Crippen molar-refractivity contribution < 1.29 is 0 Å². The van der Waals surface area contributed by atoms with Crippen LogP contribution in [0.4, 0.5) is 5.69 Å². The fourth-order valence-electron chi connectivity index (χ4n) is 2.01. The smallest absolute Gasteiger partial charge is 0.161 e. The van der Waals surface area contributed by atoms with Crippen molar-refractivity contribution in [3.63, 3.8) is 0 Å². The van der Waals surface area contributed by atoms with Crippen LogP contribution in [0.2, 0.25) is 10.0 Å². The molecular formula is C14H17BrCl2N2S. The molecule has 0 aromatic heterocycles. The predicted octanol–water partition coefficient (Wildman–Crippen LogP) is 6.08. The molecule has 0 aliphatic carbocycles. The molecular weight excluding hydrogens is 379 g/mol. The molecule has 2 nitrogen and oxygen atoms in total. The van der Waals surface area contributed by atoms with Gasteiger partial charge in [0.2, 0.25) is 0 Å². The first-order valence-corrected chi connectivity index (χ1v) is 8.81. The lowest BCUT2D eigenvalue weighted by Crippen LogP contribution is -2.16. The minimum absolute atomic E-state index is 0.321. The quantitative estimate of drug-likeness (QED) is 0.614. The van der Waals surface area contributed by atoms with Crippen molar-refractivity contribution in [1.29, 1.82) is 0 Å². The molecule has 1 aromatic rings. The van der Waals surface area contributed by atoms with Crippen LogP contribution in [-0.2, 0) is 0 Å². The zero-order valence-corrected chi connectivity index (χ0v) is 15.5. The number of nitrogens with one attached hydrogen (secondary N) is 1. The van der Waals surface area contributed by atoms with E-state index in [1.807, 2.05) is 12.1 Å². The molecule has 110 valence electrons. The first-order chi connectivity index (χ1) is 9.26. The normalized spacial score (nSPS) is 19.1. The van der Waals surface area contributed by atoms with E-state index in [-0.39, 0.29) is 0 Å². The van der Waals surface area contributed by atoms with Crippen molar-refractivity contribution in [2.45, 2.75) is 32.4 Å². The summed E-state index contributed by atoms with van der Waals surface area (Å²) in [7, 11) is 0. The zero-order chi connectivity index (χ0) is 14.9. The van der Waals surface area contributed by atoms with Gasteiger partial charge in [-0.15, -0.1) is 0 Å². The Morgan fingerprint density at radius 1 is 1.35 bits per heavy atom. The monoisotopic (exact) mass is 394 g/mol. The Kier molecular flexibility index (Phi) is 5.33. The summed E-state index contributed by atoms with van der Waals surface area (Å²) in [5, 5.41) is 5.75. The van der Waals surface area contributed by atoms with Crippen LogP contribution in [0, 0.1) is 5.41 Å². The Labute approximate surface area is 142 Å². The van der Waals surface area contributed by atoms with E-state index in [1.54, 1.807) is 11.8 Å². The van der Waals surface area contributed by atoms with Gasteiger partial charge >= 0.3 is 0 Å². The Morgan fingerprint density at radius 3 is 2.70 bits per heavy atom. The predicted molar refractivity (Wildman–Crippen MR) is 95.5 cm³/mol. The molecule has 0 spiro atoms. The summed E-state index contributed by atoms with van der Waals surface area (Å²) >= 11 is 17.5. The summed E-state index contributed by atoms with van der Waals surface area (Å²) < 4.78 is 0.793. The topological polar surface area (TPSA) is 24.4 Å². The zero-order valence-electron chi connectivity index (χ0n) is 11.6. The van der Waals surface area contributed by atoms with Crippen LogP contribution >= 0.6 is 50.9 Å². The van der Waals surface area contributed by atoms with E-state index in [4.69, 9.17) is 23.2 Å². The highest BCUT2D eigenvalue weighted by Gasteiger charge is 2.25. The van der Waals surface area contributed by atoms with Gasteiger partial charge in [-0.05, 0) is 39.9 Å². The number of nitrogens with zero attached hydrogens (tertiary/aromatic N) is 1. The summed E-state index contributed by atoms with van der Waals surface area (Å²) in [6, 6.07) is 3.78. The number of anilines is 1. The third-order valence-electron chi connectivity index (χ3n) is 2.83. The third kappa shape index (κ3) is 4.30. The maximum Gasteiger partial charge on any atom is 0.161 e. The van der Waals surface area contributed by atoms with Crippen molar-refractivity contribution in [1.82, 2.24) is 0 Å². The third-order valence-corrected chi connectivity index (χ3v) is 5.71. The number of aliphatic imine (C=N–C) groups is 1. The van der Waals surface area contributed by atoms with Gasteiger partial charge in [-0.25, -0.2) is 0 Å². The molecule has 1 aromatic carbocycles. The Balaban J connectivity index is 2.01. The Morgan fingerprint density at radius 2 is 2.05 bits per heavy atom. The minimum Gasteiger partial charge on any atom is -0.334 e. The van der Waals surface area contributed by atoms with Crippen LogP contribution in [0.25, 0.3) is 0 Å². The lowest BCUT2D eigenvalue weighted by Gasteiger charge is -2.21. The first-order valence-electron chi connectivity index (χ1n) is 6.38. The van der Waals surface area contributed by atoms with Crippen LogP contribution in [0.3, 0.4) is 0 Å². The fraction of sp³-hybridized carbons (Fsp3) is 0.500. The first kappa shape index (κ1) is 16.5. The van der Waals surface area contributed by atoms with Gasteiger partial charge in [0, 0.05) is 9.72 Å². The summed E-state index contributed by atoms with van der Waals surface area (Å²) in [4.78, 5) is 4.54. The molecule has 0 amide bonds. The van der Waals surface area contributed by atoms with Crippen molar-refractivity contribution in [3.05, 3.63) is 26.7 Å². The van der Waals surface area contributed by atoms with Crippen LogP contribution in [0.15, 0.2) is 21.6 Å². The lowest BCUT2D eigenvalue weighted by atomic mass is 9.90. The molecule has 1 heterocycles. The van der Waals surface area contributed by atoms with Gasteiger partial charge in [-0.1, -0.05) is 55.7 Å². The van der Waals surface area contributed by atoms with E-state index in [9.17, 15) is 0 Å². The van der Waals surface area contributed by atoms with Crippen LogP contribution in [0.5, 0.6) is 0 Å². The van der Waals surface area contributed by atoms with Crippen LogP contribution < -0.4 is 5.32 Å². The van der Waals surface area contributed by atoms with Gasteiger partial charge in [0.05, 0.1) is 22.3 Å². The van der Waals surface area contributed by atoms with Crippen molar-refractivity contribution in [2.75, 3.05) is 11.9 Å². The molecule has 0 fully saturated rings. The van der Waals surface area contributed by atoms with Gasteiger partial charge in [0.1, 0.15) is 0 Å². The second-order valence-electron chi connectivity index (χ2n) is 6.00. The highest BCUT2D eigenvalue weighted by Crippen LogP contribution is 2.38.